The van der Waals surface area contributed by atoms with E-state index in [1.807, 2.05) is 4.90 Å². The Balaban J connectivity index is 1.61. The molecule has 2 unspecified atom stereocenters. The van der Waals surface area contributed by atoms with Gasteiger partial charge in [-0.1, -0.05) is 0 Å². The van der Waals surface area contributed by atoms with Crippen molar-refractivity contribution in [1.29, 1.82) is 0 Å². The largest absolute Gasteiger partial charge is 0.493 e. The molecule has 4 rings (SSSR count). The first kappa shape index (κ1) is 18.7. The Bertz CT molecular complexity index is 889. The number of amides is 1. The molecule has 2 saturated heterocycles. The molecular weight excluding hydrogens is 361 g/mol. The Morgan fingerprint density at radius 1 is 1.18 bits per heavy atom. The average Bonchev–Trinajstić information content (AvgIpc) is 3.07. The highest BCUT2D eigenvalue weighted by atomic mass is 19.1. The first-order valence-corrected chi connectivity index (χ1v) is 9.46. The topological polar surface area (TPSA) is 68.0 Å². The van der Waals surface area contributed by atoms with E-state index in [2.05, 4.69) is 4.90 Å². The molecule has 7 heteroatoms. The third-order valence-electron chi connectivity index (χ3n) is 5.41. The highest BCUT2D eigenvalue weighted by Gasteiger charge is 2.35. The number of carbonyl (C=O) groups excluding carboxylic acids is 1. The lowest BCUT2D eigenvalue weighted by Crippen LogP contribution is -2.49. The van der Waals surface area contributed by atoms with Crippen molar-refractivity contribution in [3.8, 4) is 17.2 Å². The van der Waals surface area contributed by atoms with Gasteiger partial charge >= 0.3 is 0 Å². The van der Waals surface area contributed by atoms with E-state index >= 15 is 0 Å². The standard InChI is InChI=1S/C21H24FN3O3/c1-27-19-3-2-15(21(26)25-7-6-24-5-4-17(25)13-24)10-20(19)28-18-9-14(12-23)8-16(22)11-18/h2-3,8-11,17H,4-7,12-13,23H2,1H3. The minimum atomic E-state index is -0.428. The summed E-state index contributed by atoms with van der Waals surface area (Å²) in [5, 5.41) is 0. The van der Waals surface area contributed by atoms with Gasteiger partial charge in [0.1, 0.15) is 11.6 Å². The van der Waals surface area contributed by atoms with Gasteiger partial charge in [-0.05, 0) is 42.3 Å². The second kappa shape index (κ2) is 7.77. The lowest BCUT2D eigenvalue weighted by atomic mass is 10.1. The van der Waals surface area contributed by atoms with Crippen molar-refractivity contribution in [2.75, 3.05) is 33.3 Å². The summed E-state index contributed by atoms with van der Waals surface area (Å²) < 4.78 is 25.0. The molecule has 1 amide bonds. The molecule has 2 aromatic rings. The normalized spacial score (nSPS) is 20.9. The Hall–Kier alpha value is -2.64. The summed E-state index contributed by atoms with van der Waals surface area (Å²) in [6.45, 7) is 3.84. The van der Waals surface area contributed by atoms with E-state index in [4.69, 9.17) is 15.2 Å². The maximum absolute atomic E-state index is 13.8. The van der Waals surface area contributed by atoms with Crippen LogP contribution in [0.1, 0.15) is 22.3 Å². The molecule has 2 aliphatic rings. The van der Waals surface area contributed by atoms with Crippen LogP contribution in [0, 0.1) is 5.82 Å². The Morgan fingerprint density at radius 2 is 2.04 bits per heavy atom. The summed E-state index contributed by atoms with van der Waals surface area (Å²) >= 11 is 0. The molecule has 0 spiro atoms. The second-order valence-electron chi connectivity index (χ2n) is 7.21. The molecule has 0 aromatic heterocycles. The zero-order chi connectivity index (χ0) is 19.7. The van der Waals surface area contributed by atoms with Crippen molar-refractivity contribution >= 4 is 5.91 Å². The summed E-state index contributed by atoms with van der Waals surface area (Å²) in [6, 6.07) is 9.70. The van der Waals surface area contributed by atoms with Gasteiger partial charge in [0.15, 0.2) is 11.5 Å². The first-order chi connectivity index (χ1) is 13.6. The number of halogens is 1. The molecule has 0 radical (unpaired) electrons. The van der Waals surface area contributed by atoms with E-state index in [1.54, 1.807) is 24.3 Å². The van der Waals surface area contributed by atoms with E-state index in [9.17, 15) is 9.18 Å². The molecule has 28 heavy (non-hydrogen) atoms. The van der Waals surface area contributed by atoms with Crippen LogP contribution in [0.15, 0.2) is 36.4 Å². The number of carbonyl (C=O) groups is 1. The molecule has 2 atom stereocenters. The van der Waals surface area contributed by atoms with Crippen molar-refractivity contribution < 1.29 is 18.7 Å². The van der Waals surface area contributed by atoms with E-state index in [0.717, 1.165) is 32.6 Å². The molecule has 148 valence electrons. The van der Waals surface area contributed by atoms with Crippen LogP contribution in [0.4, 0.5) is 4.39 Å². The van der Waals surface area contributed by atoms with E-state index in [1.165, 1.54) is 19.2 Å². The van der Waals surface area contributed by atoms with Crippen LogP contribution in [-0.4, -0.2) is 55.0 Å². The Morgan fingerprint density at radius 3 is 2.82 bits per heavy atom. The molecule has 2 aliphatic heterocycles. The zero-order valence-electron chi connectivity index (χ0n) is 15.9. The summed E-state index contributed by atoms with van der Waals surface area (Å²) in [4.78, 5) is 17.4. The molecule has 6 nitrogen and oxygen atoms in total. The summed E-state index contributed by atoms with van der Waals surface area (Å²) in [5.41, 5.74) is 6.77. The number of benzene rings is 2. The van der Waals surface area contributed by atoms with Gasteiger partial charge < -0.3 is 20.1 Å². The van der Waals surface area contributed by atoms with Crippen molar-refractivity contribution in [2.45, 2.75) is 19.0 Å². The minimum Gasteiger partial charge on any atom is -0.493 e. The molecule has 2 fully saturated rings. The number of hydrogen-bond acceptors (Lipinski definition) is 5. The van der Waals surface area contributed by atoms with Crippen LogP contribution in [-0.2, 0) is 6.54 Å². The fourth-order valence-electron chi connectivity index (χ4n) is 3.95. The van der Waals surface area contributed by atoms with Crippen molar-refractivity contribution in [2.24, 2.45) is 5.73 Å². The van der Waals surface area contributed by atoms with Crippen molar-refractivity contribution in [1.82, 2.24) is 9.80 Å². The third kappa shape index (κ3) is 3.68. The average molecular weight is 385 g/mol. The van der Waals surface area contributed by atoms with Crippen molar-refractivity contribution in [3.05, 3.63) is 53.3 Å². The maximum Gasteiger partial charge on any atom is 0.254 e. The monoisotopic (exact) mass is 385 g/mol. The van der Waals surface area contributed by atoms with Gasteiger partial charge in [-0.2, -0.15) is 0 Å². The smallest absolute Gasteiger partial charge is 0.254 e. The third-order valence-corrected chi connectivity index (χ3v) is 5.41. The highest BCUT2D eigenvalue weighted by Crippen LogP contribution is 2.34. The van der Waals surface area contributed by atoms with Crippen LogP contribution in [0.3, 0.4) is 0 Å². The van der Waals surface area contributed by atoms with Gasteiger partial charge in [0.25, 0.3) is 5.91 Å². The molecule has 2 N–H and O–H groups in total. The Labute approximate surface area is 163 Å². The minimum absolute atomic E-state index is 0.0130. The van der Waals surface area contributed by atoms with Crippen LogP contribution in [0.2, 0.25) is 0 Å². The van der Waals surface area contributed by atoms with Gasteiger partial charge in [-0.3, -0.25) is 9.69 Å². The SMILES string of the molecule is COc1ccc(C(=O)N2CCN3CCC2C3)cc1Oc1cc(F)cc(CN)c1. The molecule has 0 aliphatic carbocycles. The number of nitrogens with zero attached hydrogens (tertiary/aromatic N) is 2. The number of nitrogens with two attached hydrogens (primary N) is 1. The van der Waals surface area contributed by atoms with Crippen LogP contribution in [0.25, 0.3) is 0 Å². The summed E-state index contributed by atoms with van der Waals surface area (Å²) in [5.74, 6) is 0.713. The molecular formula is C21H24FN3O3. The van der Waals surface area contributed by atoms with Crippen LogP contribution < -0.4 is 15.2 Å². The number of hydrogen-bond donors (Lipinski definition) is 1. The van der Waals surface area contributed by atoms with Gasteiger partial charge in [-0.25, -0.2) is 4.39 Å². The number of methoxy groups -OCH3 is 1. The molecule has 0 saturated carbocycles. The maximum atomic E-state index is 13.8. The van der Waals surface area contributed by atoms with Crippen molar-refractivity contribution in [3.63, 3.8) is 0 Å². The van der Waals surface area contributed by atoms with E-state index in [0.29, 0.717) is 28.4 Å². The van der Waals surface area contributed by atoms with Crippen LogP contribution >= 0.6 is 0 Å². The molecule has 2 heterocycles. The zero-order valence-corrected chi connectivity index (χ0v) is 15.9. The lowest BCUT2D eigenvalue weighted by Gasteiger charge is -2.34. The predicted molar refractivity (Wildman–Crippen MR) is 103 cm³/mol. The van der Waals surface area contributed by atoms with Crippen LogP contribution in [0.5, 0.6) is 17.2 Å². The Kier molecular flexibility index (Phi) is 5.19. The van der Waals surface area contributed by atoms with Gasteiger partial charge in [-0.15, -0.1) is 0 Å². The van der Waals surface area contributed by atoms with Gasteiger partial charge in [0.05, 0.1) is 7.11 Å². The molecule has 2 bridgehead atoms. The molecule has 2 aromatic carbocycles. The fraction of sp³-hybridized carbons (Fsp3) is 0.381. The summed E-state index contributed by atoms with van der Waals surface area (Å²) in [7, 11) is 1.53. The fourth-order valence-corrected chi connectivity index (χ4v) is 3.95. The lowest BCUT2D eigenvalue weighted by molar-refractivity contribution is 0.0609. The number of rotatable bonds is 5. The first-order valence-electron chi connectivity index (χ1n) is 9.46. The number of fused-ring (bicyclic) bond motifs is 2. The van der Waals surface area contributed by atoms with Gasteiger partial charge in [0, 0.05) is 50.4 Å². The predicted octanol–water partition coefficient (Wildman–Crippen LogP) is 2.62. The van der Waals surface area contributed by atoms with E-state index in [-0.39, 0.29) is 18.5 Å². The van der Waals surface area contributed by atoms with Gasteiger partial charge in [0.2, 0.25) is 0 Å². The number of ether oxygens (including phenoxy) is 2. The van der Waals surface area contributed by atoms with E-state index < -0.39 is 5.82 Å². The highest BCUT2D eigenvalue weighted by molar-refractivity contribution is 5.95. The number of piperazine rings is 1. The quantitative estimate of drug-likeness (QED) is 0.857. The second-order valence-corrected chi connectivity index (χ2v) is 7.21. The summed E-state index contributed by atoms with van der Waals surface area (Å²) in [6.07, 6.45) is 1.01.